The summed E-state index contributed by atoms with van der Waals surface area (Å²) in [6.07, 6.45) is 2.52. The molecule has 3 rings (SSSR count). The monoisotopic (exact) mass is 285 g/mol. The Morgan fingerprint density at radius 2 is 2.19 bits per heavy atom. The third kappa shape index (κ3) is 2.96. The van der Waals surface area contributed by atoms with Crippen LogP contribution in [0, 0.1) is 0 Å². The van der Waals surface area contributed by atoms with Crippen molar-refractivity contribution in [3.8, 4) is 11.4 Å². The molecule has 1 atom stereocenters. The van der Waals surface area contributed by atoms with E-state index in [1.165, 1.54) is 0 Å². The number of hydrogen-bond donors (Lipinski definition) is 0. The number of nitrogens with zero attached hydrogens (tertiary/aromatic N) is 3. The van der Waals surface area contributed by atoms with Crippen LogP contribution in [0.25, 0.3) is 11.4 Å². The molecule has 1 amide bonds. The maximum absolute atomic E-state index is 11.8. The number of amides is 1. The molecule has 0 saturated carbocycles. The van der Waals surface area contributed by atoms with Gasteiger partial charge in [0, 0.05) is 25.1 Å². The minimum Gasteiger partial charge on any atom is -0.342 e. The number of rotatable bonds is 3. The highest BCUT2D eigenvalue weighted by molar-refractivity contribution is 5.76. The smallest absolute Gasteiger partial charge is 0.231 e. The summed E-state index contributed by atoms with van der Waals surface area (Å²) in [7, 11) is 0. The van der Waals surface area contributed by atoms with Crippen molar-refractivity contribution in [3.63, 3.8) is 0 Å². The highest BCUT2D eigenvalue weighted by Crippen LogP contribution is 2.27. The molecule has 1 aromatic heterocycles. The van der Waals surface area contributed by atoms with Gasteiger partial charge in [-0.3, -0.25) is 4.79 Å². The van der Waals surface area contributed by atoms with E-state index in [-0.39, 0.29) is 11.8 Å². The zero-order chi connectivity index (χ0) is 14.7. The molecule has 0 N–H and O–H groups in total. The Morgan fingerprint density at radius 3 is 2.95 bits per heavy atom. The molecule has 1 aliphatic heterocycles. The first-order valence-electron chi connectivity index (χ1n) is 7.44. The summed E-state index contributed by atoms with van der Waals surface area (Å²) in [5.41, 5.74) is 0.949. The minimum atomic E-state index is 0.152. The molecule has 1 fully saturated rings. The molecule has 1 saturated heterocycles. The second kappa shape index (κ2) is 6.08. The third-order valence-electron chi connectivity index (χ3n) is 3.90. The van der Waals surface area contributed by atoms with Crippen molar-refractivity contribution in [2.24, 2.45) is 0 Å². The molecular formula is C16H19N3O2. The molecule has 0 spiro atoms. The van der Waals surface area contributed by atoms with Gasteiger partial charge in [-0.2, -0.15) is 4.98 Å². The molecule has 0 radical (unpaired) electrons. The van der Waals surface area contributed by atoms with Gasteiger partial charge in [0.2, 0.25) is 17.6 Å². The number of aromatic nitrogens is 2. The number of likely N-dealkylation sites (tertiary alicyclic amines) is 1. The first-order valence-corrected chi connectivity index (χ1v) is 7.44. The molecule has 2 heterocycles. The third-order valence-corrected chi connectivity index (χ3v) is 3.90. The average molecular weight is 285 g/mol. The first-order chi connectivity index (χ1) is 10.3. The zero-order valence-corrected chi connectivity index (χ0v) is 12.2. The summed E-state index contributed by atoms with van der Waals surface area (Å²) in [5, 5.41) is 4.06. The predicted molar refractivity (Wildman–Crippen MR) is 78.6 cm³/mol. The predicted octanol–water partition coefficient (Wildman–Crippen LogP) is 2.85. The highest BCUT2D eigenvalue weighted by atomic mass is 16.5. The van der Waals surface area contributed by atoms with Crippen molar-refractivity contribution in [2.75, 3.05) is 13.1 Å². The van der Waals surface area contributed by atoms with E-state index in [9.17, 15) is 4.79 Å². The fourth-order valence-corrected chi connectivity index (χ4v) is 2.73. The van der Waals surface area contributed by atoms with Gasteiger partial charge in [-0.1, -0.05) is 42.4 Å². The van der Waals surface area contributed by atoms with Crippen molar-refractivity contribution >= 4 is 5.91 Å². The second-order valence-electron chi connectivity index (χ2n) is 5.35. The van der Waals surface area contributed by atoms with Gasteiger partial charge < -0.3 is 9.42 Å². The molecule has 5 heteroatoms. The van der Waals surface area contributed by atoms with Gasteiger partial charge in [0.15, 0.2) is 0 Å². The van der Waals surface area contributed by atoms with E-state index in [0.717, 1.165) is 24.9 Å². The van der Waals surface area contributed by atoms with Crippen molar-refractivity contribution in [1.82, 2.24) is 15.0 Å². The van der Waals surface area contributed by atoms with E-state index in [1.54, 1.807) is 0 Å². The van der Waals surface area contributed by atoms with Gasteiger partial charge in [0.05, 0.1) is 5.92 Å². The normalized spacial score (nSPS) is 18.7. The number of hydrogen-bond acceptors (Lipinski definition) is 4. The van der Waals surface area contributed by atoms with E-state index in [0.29, 0.717) is 24.7 Å². The maximum Gasteiger partial charge on any atom is 0.231 e. The Kier molecular flexibility index (Phi) is 3.99. The molecule has 2 aromatic rings. The molecule has 1 aromatic carbocycles. The summed E-state index contributed by atoms with van der Waals surface area (Å²) in [5.74, 6) is 1.61. The number of piperidine rings is 1. The summed E-state index contributed by atoms with van der Waals surface area (Å²) in [6, 6.07) is 9.78. The second-order valence-corrected chi connectivity index (χ2v) is 5.35. The Labute approximate surface area is 124 Å². The van der Waals surface area contributed by atoms with Crippen LogP contribution in [0.1, 0.15) is 38.0 Å². The lowest BCUT2D eigenvalue weighted by molar-refractivity contribution is -0.132. The van der Waals surface area contributed by atoms with Crippen LogP contribution >= 0.6 is 0 Å². The lowest BCUT2D eigenvalue weighted by Gasteiger charge is -2.30. The fraction of sp³-hybridized carbons (Fsp3) is 0.438. The minimum absolute atomic E-state index is 0.152. The summed E-state index contributed by atoms with van der Waals surface area (Å²) >= 11 is 0. The van der Waals surface area contributed by atoms with Crippen LogP contribution in [0.15, 0.2) is 34.9 Å². The number of carbonyl (C=O) groups is 1. The van der Waals surface area contributed by atoms with E-state index in [1.807, 2.05) is 42.2 Å². The Bertz CT molecular complexity index is 609. The number of benzene rings is 1. The largest absolute Gasteiger partial charge is 0.342 e. The van der Waals surface area contributed by atoms with Crippen LogP contribution < -0.4 is 0 Å². The Hall–Kier alpha value is -2.17. The topological polar surface area (TPSA) is 59.2 Å². The first kappa shape index (κ1) is 13.8. The maximum atomic E-state index is 11.8. The molecule has 5 nitrogen and oxygen atoms in total. The fourth-order valence-electron chi connectivity index (χ4n) is 2.73. The van der Waals surface area contributed by atoms with Crippen molar-refractivity contribution in [3.05, 3.63) is 36.2 Å². The quantitative estimate of drug-likeness (QED) is 0.870. The highest BCUT2D eigenvalue weighted by Gasteiger charge is 2.27. The number of carbonyl (C=O) groups excluding carboxylic acids is 1. The van der Waals surface area contributed by atoms with E-state index in [4.69, 9.17) is 4.52 Å². The lowest BCUT2D eigenvalue weighted by atomic mass is 9.97. The Balaban J connectivity index is 1.75. The molecular weight excluding hydrogens is 266 g/mol. The van der Waals surface area contributed by atoms with Crippen LogP contribution in [0.5, 0.6) is 0 Å². The summed E-state index contributed by atoms with van der Waals surface area (Å²) in [6.45, 7) is 3.41. The SMILES string of the molecule is CCC(=O)N1CCCC(c2nc(-c3ccccc3)no2)C1. The van der Waals surface area contributed by atoms with E-state index in [2.05, 4.69) is 10.1 Å². The van der Waals surface area contributed by atoms with Gasteiger partial charge in [-0.25, -0.2) is 0 Å². The Morgan fingerprint density at radius 1 is 1.38 bits per heavy atom. The molecule has 110 valence electrons. The van der Waals surface area contributed by atoms with Gasteiger partial charge in [-0.15, -0.1) is 0 Å². The van der Waals surface area contributed by atoms with Crippen molar-refractivity contribution < 1.29 is 9.32 Å². The molecule has 21 heavy (non-hydrogen) atoms. The van der Waals surface area contributed by atoms with Crippen molar-refractivity contribution in [1.29, 1.82) is 0 Å². The summed E-state index contributed by atoms with van der Waals surface area (Å²) in [4.78, 5) is 18.2. The summed E-state index contributed by atoms with van der Waals surface area (Å²) < 4.78 is 5.42. The van der Waals surface area contributed by atoms with Gasteiger partial charge in [0.25, 0.3) is 0 Å². The van der Waals surface area contributed by atoms with Crippen LogP contribution in [-0.2, 0) is 4.79 Å². The van der Waals surface area contributed by atoms with E-state index < -0.39 is 0 Å². The van der Waals surface area contributed by atoms with Crippen LogP contribution in [0.3, 0.4) is 0 Å². The zero-order valence-electron chi connectivity index (χ0n) is 12.2. The van der Waals surface area contributed by atoms with Crippen LogP contribution in [0.4, 0.5) is 0 Å². The van der Waals surface area contributed by atoms with Gasteiger partial charge >= 0.3 is 0 Å². The van der Waals surface area contributed by atoms with Crippen molar-refractivity contribution in [2.45, 2.75) is 32.1 Å². The molecule has 1 aliphatic rings. The molecule has 0 bridgehead atoms. The van der Waals surface area contributed by atoms with Crippen LogP contribution in [0.2, 0.25) is 0 Å². The van der Waals surface area contributed by atoms with Gasteiger partial charge in [-0.05, 0) is 12.8 Å². The van der Waals surface area contributed by atoms with Gasteiger partial charge in [0.1, 0.15) is 0 Å². The lowest BCUT2D eigenvalue weighted by Crippen LogP contribution is -2.38. The van der Waals surface area contributed by atoms with E-state index >= 15 is 0 Å². The average Bonchev–Trinajstić information content (AvgIpc) is 3.05. The van der Waals surface area contributed by atoms with Crippen LogP contribution in [-0.4, -0.2) is 34.0 Å². The molecule has 1 unspecified atom stereocenters. The molecule has 0 aliphatic carbocycles. The standard InChI is InChI=1S/C16H19N3O2/c1-2-14(20)19-10-6-9-13(11-19)16-17-15(18-21-16)12-7-4-3-5-8-12/h3-5,7-8,13H,2,6,9-11H2,1H3.